The molecule has 2 aliphatic rings. The third-order valence-electron chi connectivity index (χ3n) is 6.15. The Morgan fingerprint density at radius 1 is 1.18 bits per heavy atom. The SMILES string of the molecule is Nc1cnc(-c2c(F)cccc2F)nc1C(=O)Nc1cnccc1[C@H]1C[C@@H](O)[C@H](O)C2(CC2)O1. The molecule has 0 unspecified atom stereocenters. The minimum Gasteiger partial charge on any atom is -0.396 e. The Labute approximate surface area is 192 Å². The number of rotatable bonds is 4. The number of nitrogen functional groups attached to an aromatic ring is 1. The normalized spacial score (nSPS) is 23.0. The summed E-state index contributed by atoms with van der Waals surface area (Å²) in [5, 5.41) is 23.2. The summed E-state index contributed by atoms with van der Waals surface area (Å²) >= 11 is 0. The number of aromatic nitrogens is 3. The molecule has 9 nitrogen and oxygen atoms in total. The van der Waals surface area contributed by atoms with Crippen molar-refractivity contribution in [2.75, 3.05) is 11.1 Å². The lowest BCUT2D eigenvalue weighted by atomic mass is 9.92. The van der Waals surface area contributed by atoms with Crippen LogP contribution in [0.2, 0.25) is 0 Å². The lowest BCUT2D eigenvalue weighted by Crippen LogP contribution is -2.47. The molecule has 3 aromatic rings. The number of aliphatic hydroxyl groups is 2. The van der Waals surface area contributed by atoms with Gasteiger partial charge in [-0.15, -0.1) is 0 Å². The molecule has 5 N–H and O–H groups in total. The van der Waals surface area contributed by atoms with Gasteiger partial charge < -0.3 is 26.0 Å². The quantitative estimate of drug-likeness (QED) is 0.456. The van der Waals surface area contributed by atoms with Gasteiger partial charge in [-0.3, -0.25) is 9.78 Å². The number of ether oxygens (including phenoxy) is 1. The summed E-state index contributed by atoms with van der Waals surface area (Å²) in [5.41, 5.74) is 5.09. The molecule has 176 valence electrons. The van der Waals surface area contributed by atoms with Crippen molar-refractivity contribution in [3.63, 3.8) is 0 Å². The summed E-state index contributed by atoms with van der Waals surface area (Å²) in [6.07, 6.45) is 2.86. The maximum absolute atomic E-state index is 14.2. The highest BCUT2D eigenvalue weighted by atomic mass is 19.1. The number of halogens is 2. The molecule has 1 saturated carbocycles. The van der Waals surface area contributed by atoms with Crippen LogP contribution in [0.5, 0.6) is 0 Å². The smallest absolute Gasteiger partial charge is 0.276 e. The molecule has 1 aliphatic carbocycles. The summed E-state index contributed by atoms with van der Waals surface area (Å²) in [5.74, 6) is -2.83. The van der Waals surface area contributed by atoms with Crippen LogP contribution >= 0.6 is 0 Å². The van der Waals surface area contributed by atoms with Crippen molar-refractivity contribution in [1.29, 1.82) is 0 Å². The number of anilines is 2. The first kappa shape index (κ1) is 22.3. The largest absolute Gasteiger partial charge is 0.396 e. The van der Waals surface area contributed by atoms with Crippen LogP contribution in [-0.4, -0.2) is 48.9 Å². The maximum Gasteiger partial charge on any atom is 0.276 e. The molecule has 5 rings (SSSR count). The number of pyridine rings is 1. The third-order valence-corrected chi connectivity index (χ3v) is 6.15. The predicted octanol–water partition coefficient (Wildman–Crippen LogP) is 2.37. The van der Waals surface area contributed by atoms with E-state index < -0.39 is 47.0 Å². The summed E-state index contributed by atoms with van der Waals surface area (Å²) in [4.78, 5) is 25.0. The van der Waals surface area contributed by atoms with Crippen LogP contribution in [0.25, 0.3) is 11.4 Å². The number of nitrogens with one attached hydrogen (secondary N) is 1. The molecule has 1 spiro atoms. The first-order valence-corrected chi connectivity index (χ1v) is 10.7. The van der Waals surface area contributed by atoms with Crippen molar-refractivity contribution < 1.29 is 28.5 Å². The second-order valence-electron chi connectivity index (χ2n) is 8.43. The lowest BCUT2D eigenvalue weighted by Gasteiger charge is -2.38. The molecule has 34 heavy (non-hydrogen) atoms. The van der Waals surface area contributed by atoms with Crippen LogP contribution < -0.4 is 11.1 Å². The van der Waals surface area contributed by atoms with Crippen LogP contribution in [0.1, 0.15) is 41.4 Å². The van der Waals surface area contributed by atoms with Crippen LogP contribution in [-0.2, 0) is 4.74 Å². The van der Waals surface area contributed by atoms with E-state index in [4.69, 9.17) is 10.5 Å². The summed E-state index contributed by atoms with van der Waals surface area (Å²) < 4.78 is 34.5. The third kappa shape index (κ3) is 3.87. The Morgan fingerprint density at radius 2 is 1.91 bits per heavy atom. The number of hydrogen-bond acceptors (Lipinski definition) is 8. The average Bonchev–Trinajstić information content (AvgIpc) is 3.58. The zero-order chi connectivity index (χ0) is 24.0. The number of carbonyl (C=O) groups is 1. The van der Waals surface area contributed by atoms with E-state index in [0.717, 1.165) is 18.3 Å². The molecule has 1 amide bonds. The average molecular weight is 469 g/mol. The fourth-order valence-electron chi connectivity index (χ4n) is 4.20. The van der Waals surface area contributed by atoms with Crippen molar-refractivity contribution in [2.24, 2.45) is 0 Å². The number of amides is 1. The first-order valence-electron chi connectivity index (χ1n) is 10.7. The van der Waals surface area contributed by atoms with E-state index in [9.17, 15) is 23.8 Å². The van der Waals surface area contributed by atoms with Crippen LogP contribution in [0, 0.1) is 11.6 Å². The van der Waals surface area contributed by atoms with Crippen LogP contribution in [0.15, 0.2) is 42.9 Å². The number of nitrogens with two attached hydrogens (primary N) is 1. The number of hydrogen-bond donors (Lipinski definition) is 4. The first-order chi connectivity index (χ1) is 16.3. The number of aliphatic hydroxyl groups excluding tert-OH is 2. The Bertz CT molecular complexity index is 1250. The minimum absolute atomic E-state index is 0.0900. The zero-order valence-corrected chi connectivity index (χ0v) is 17.8. The highest BCUT2D eigenvalue weighted by Crippen LogP contribution is 2.52. The maximum atomic E-state index is 14.2. The highest BCUT2D eigenvalue weighted by Gasteiger charge is 2.57. The van der Waals surface area contributed by atoms with Crippen molar-refractivity contribution in [2.45, 2.75) is 43.2 Å². The van der Waals surface area contributed by atoms with Gasteiger partial charge in [0.15, 0.2) is 11.5 Å². The summed E-state index contributed by atoms with van der Waals surface area (Å²) in [6.45, 7) is 0. The number of nitrogens with zero attached hydrogens (tertiary/aromatic N) is 3. The fraction of sp³-hybridized carbons (Fsp3) is 0.304. The van der Waals surface area contributed by atoms with Gasteiger partial charge in [0.05, 0.1) is 47.1 Å². The van der Waals surface area contributed by atoms with E-state index in [1.165, 1.54) is 18.5 Å². The summed E-state index contributed by atoms with van der Waals surface area (Å²) in [6, 6.07) is 4.96. The Hall–Kier alpha value is -3.54. The van der Waals surface area contributed by atoms with Gasteiger partial charge in [0.25, 0.3) is 5.91 Å². The zero-order valence-electron chi connectivity index (χ0n) is 17.8. The molecule has 0 bridgehead atoms. The highest BCUT2D eigenvalue weighted by molar-refractivity contribution is 6.06. The molecule has 1 aromatic carbocycles. The number of carbonyl (C=O) groups excluding carboxylic acids is 1. The predicted molar refractivity (Wildman–Crippen MR) is 116 cm³/mol. The van der Waals surface area contributed by atoms with Crippen LogP contribution in [0.3, 0.4) is 0 Å². The van der Waals surface area contributed by atoms with Crippen molar-refractivity contribution in [1.82, 2.24) is 15.0 Å². The van der Waals surface area contributed by atoms with Gasteiger partial charge in [0.2, 0.25) is 0 Å². The lowest BCUT2D eigenvalue weighted by molar-refractivity contribution is -0.185. The van der Waals surface area contributed by atoms with E-state index in [1.54, 1.807) is 6.07 Å². The van der Waals surface area contributed by atoms with Gasteiger partial charge in [0, 0.05) is 18.2 Å². The fourth-order valence-corrected chi connectivity index (χ4v) is 4.20. The molecular formula is C23H21F2N5O4. The standard InChI is InChI=1S/C23H21F2N5O4/c24-12-2-1-3-13(25)18(12)21-28-9-14(26)19(30-21)22(33)29-15-10-27-7-4-11(15)17-8-16(31)20(32)23(34-17)5-6-23/h1-4,7,9-10,16-17,20,31-32H,5-6,8,26H2,(H,29,33)/t16-,17-,20+/m1/s1. The van der Waals surface area contributed by atoms with Crippen LogP contribution in [0.4, 0.5) is 20.2 Å². The van der Waals surface area contributed by atoms with E-state index >= 15 is 0 Å². The topological polar surface area (TPSA) is 143 Å². The van der Waals surface area contributed by atoms with Crippen molar-refractivity contribution >= 4 is 17.3 Å². The Kier molecular flexibility index (Phi) is 5.47. The second kappa shape index (κ2) is 8.35. The van der Waals surface area contributed by atoms with E-state index in [1.807, 2.05) is 0 Å². The molecule has 0 radical (unpaired) electrons. The van der Waals surface area contributed by atoms with Gasteiger partial charge >= 0.3 is 0 Å². The molecule has 3 heterocycles. The van der Waals surface area contributed by atoms with Gasteiger partial charge in [-0.1, -0.05) is 6.07 Å². The van der Waals surface area contributed by atoms with Gasteiger partial charge in [-0.2, -0.15) is 0 Å². The monoisotopic (exact) mass is 469 g/mol. The molecule has 2 fully saturated rings. The molecular weight excluding hydrogens is 448 g/mol. The molecule has 1 aliphatic heterocycles. The van der Waals surface area contributed by atoms with Gasteiger partial charge in [-0.25, -0.2) is 18.7 Å². The van der Waals surface area contributed by atoms with Crippen molar-refractivity contribution in [3.8, 4) is 11.4 Å². The Balaban J connectivity index is 1.44. The summed E-state index contributed by atoms with van der Waals surface area (Å²) in [7, 11) is 0. The second-order valence-corrected chi connectivity index (χ2v) is 8.43. The molecule has 3 atom stereocenters. The van der Waals surface area contributed by atoms with Crippen molar-refractivity contribution in [3.05, 3.63) is 65.7 Å². The van der Waals surface area contributed by atoms with Gasteiger partial charge in [-0.05, 0) is 31.0 Å². The minimum atomic E-state index is -0.978. The molecule has 1 saturated heterocycles. The molecule has 11 heteroatoms. The van der Waals surface area contributed by atoms with Gasteiger partial charge in [0.1, 0.15) is 17.7 Å². The van der Waals surface area contributed by atoms with E-state index in [-0.39, 0.29) is 29.3 Å². The van der Waals surface area contributed by atoms with E-state index in [2.05, 4.69) is 20.3 Å². The number of benzene rings is 1. The molecule has 2 aromatic heterocycles. The van der Waals surface area contributed by atoms with E-state index in [0.29, 0.717) is 18.4 Å². The Morgan fingerprint density at radius 3 is 2.62 bits per heavy atom.